The van der Waals surface area contributed by atoms with Crippen LogP contribution in [0.1, 0.15) is 20.7 Å². The molecule has 0 aliphatic carbocycles. The zero-order valence-corrected chi connectivity index (χ0v) is 13.1. The van der Waals surface area contributed by atoms with E-state index in [2.05, 4.69) is 5.32 Å². The van der Waals surface area contributed by atoms with Gasteiger partial charge in [0.25, 0.3) is 5.91 Å². The van der Waals surface area contributed by atoms with E-state index in [9.17, 15) is 18.9 Å². The number of hydrogen-bond acceptors (Lipinski definition) is 3. The number of aromatic carboxylic acids is 1. The number of hydrogen-bond donors (Lipinski definition) is 2. The van der Waals surface area contributed by atoms with Crippen LogP contribution < -0.4 is 5.32 Å². The molecule has 0 radical (unpaired) electrons. The molecule has 0 bridgehead atoms. The second-order valence-electron chi connectivity index (χ2n) is 4.29. The summed E-state index contributed by atoms with van der Waals surface area (Å²) < 4.78 is 12.7. The predicted molar refractivity (Wildman–Crippen MR) is 82.9 cm³/mol. The summed E-state index contributed by atoms with van der Waals surface area (Å²) in [5.74, 6) is -1.63. The van der Waals surface area contributed by atoms with Gasteiger partial charge in [0, 0.05) is 12.1 Å². The number of rotatable bonds is 4. The van der Waals surface area contributed by atoms with Crippen molar-refractivity contribution in [3.05, 3.63) is 58.6 Å². The zero-order valence-electron chi connectivity index (χ0n) is 11.5. The average Bonchev–Trinajstić information content (AvgIpc) is 2.53. The Morgan fingerprint density at radius 3 is 2.36 bits per heavy atom. The van der Waals surface area contributed by atoms with Gasteiger partial charge >= 0.3 is 5.97 Å². The number of carbonyl (C=O) groups is 2. The predicted octanol–water partition coefficient (Wildman–Crippen LogP) is 2.56. The molecule has 0 aromatic heterocycles. The van der Waals surface area contributed by atoms with E-state index in [1.807, 2.05) is 0 Å². The van der Waals surface area contributed by atoms with Crippen molar-refractivity contribution >= 4 is 34.3 Å². The Labute approximate surface area is 134 Å². The quantitative estimate of drug-likeness (QED) is 0.898. The molecule has 1 atom stereocenters. The van der Waals surface area contributed by atoms with E-state index in [-0.39, 0.29) is 25.9 Å². The van der Waals surface area contributed by atoms with Gasteiger partial charge in [-0.15, -0.1) is 0 Å². The summed E-state index contributed by atoms with van der Waals surface area (Å²) in [5.41, 5.74) is 0.0761. The van der Waals surface area contributed by atoms with Gasteiger partial charge in [0.15, 0.2) is 0 Å². The molecule has 0 saturated heterocycles. The first-order valence-corrected chi connectivity index (χ1v) is 7.74. The van der Waals surface area contributed by atoms with Crippen LogP contribution in [0.2, 0.25) is 5.02 Å². The zero-order chi connectivity index (χ0) is 16.3. The number of amides is 1. The fraction of sp³-hybridized carbons (Fsp3) is 0.0667. The van der Waals surface area contributed by atoms with E-state index in [0.717, 1.165) is 0 Å². The van der Waals surface area contributed by atoms with Gasteiger partial charge in [0.1, 0.15) is 0 Å². The van der Waals surface area contributed by atoms with Crippen LogP contribution in [0.4, 0.5) is 0 Å². The maximum absolute atomic E-state index is 12.7. The lowest BCUT2D eigenvalue weighted by molar-refractivity contribution is 0.0692. The lowest BCUT2D eigenvalue weighted by Crippen LogP contribution is -2.20. The SMILES string of the molecule is CNC(=O)c1ccccc1[S@](=O)c1ccc(Cl)cc1C(=O)O. The van der Waals surface area contributed by atoms with Crippen LogP contribution >= 0.6 is 11.6 Å². The van der Waals surface area contributed by atoms with Gasteiger partial charge in [-0.1, -0.05) is 23.7 Å². The number of carbonyl (C=O) groups excluding carboxylic acids is 1. The second kappa shape index (κ2) is 6.72. The molecule has 0 aliphatic rings. The lowest BCUT2D eigenvalue weighted by Gasteiger charge is -2.10. The average molecular weight is 338 g/mol. The van der Waals surface area contributed by atoms with Crippen molar-refractivity contribution < 1.29 is 18.9 Å². The van der Waals surface area contributed by atoms with Gasteiger partial charge in [0.05, 0.1) is 31.7 Å². The van der Waals surface area contributed by atoms with Crippen molar-refractivity contribution in [1.29, 1.82) is 0 Å². The summed E-state index contributed by atoms with van der Waals surface area (Å²) in [6.07, 6.45) is 0. The smallest absolute Gasteiger partial charge is 0.336 e. The fourth-order valence-electron chi connectivity index (χ4n) is 1.90. The monoisotopic (exact) mass is 337 g/mol. The van der Waals surface area contributed by atoms with Crippen molar-refractivity contribution in [3.8, 4) is 0 Å². The minimum Gasteiger partial charge on any atom is -0.478 e. The third kappa shape index (κ3) is 3.18. The summed E-state index contributed by atoms with van der Waals surface area (Å²) in [5, 5.41) is 11.9. The van der Waals surface area contributed by atoms with Crippen LogP contribution in [0, 0.1) is 0 Å². The number of nitrogens with one attached hydrogen (secondary N) is 1. The van der Waals surface area contributed by atoms with Crippen LogP contribution in [0.5, 0.6) is 0 Å². The highest BCUT2D eigenvalue weighted by molar-refractivity contribution is 7.85. The van der Waals surface area contributed by atoms with Crippen LogP contribution in [-0.4, -0.2) is 28.2 Å². The van der Waals surface area contributed by atoms with E-state index in [4.69, 9.17) is 11.6 Å². The molecular weight excluding hydrogens is 326 g/mol. The molecule has 5 nitrogen and oxygen atoms in total. The van der Waals surface area contributed by atoms with Crippen LogP contribution in [0.25, 0.3) is 0 Å². The molecular formula is C15H12ClNO4S. The molecule has 2 aromatic carbocycles. The standard InChI is InChI=1S/C15H12ClNO4S/c1-17-14(18)10-4-2-3-5-12(10)22(21)13-7-6-9(16)8-11(13)15(19)20/h2-8H,1H3,(H,17,18)(H,19,20)/t22-/m0/s1. The number of carboxylic acid groups (broad SMARTS) is 1. The molecule has 2 aromatic rings. The Morgan fingerprint density at radius 1 is 1.09 bits per heavy atom. The summed E-state index contributed by atoms with van der Waals surface area (Å²) in [6.45, 7) is 0. The highest BCUT2D eigenvalue weighted by Crippen LogP contribution is 2.25. The summed E-state index contributed by atoms with van der Waals surface area (Å²) in [6, 6.07) is 10.4. The van der Waals surface area contributed by atoms with Crippen molar-refractivity contribution in [3.63, 3.8) is 0 Å². The molecule has 7 heteroatoms. The Morgan fingerprint density at radius 2 is 1.73 bits per heavy atom. The van der Waals surface area contributed by atoms with Gasteiger partial charge in [-0.05, 0) is 30.3 Å². The van der Waals surface area contributed by atoms with E-state index in [1.54, 1.807) is 12.1 Å². The van der Waals surface area contributed by atoms with Crippen LogP contribution in [0.3, 0.4) is 0 Å². The summed E-state index contributed by atoms with van der Waals surface area (Å²) in [4.78, 5) is 23.5. The molecule has 0 fully saturated rings. The van der Waals surface area contributed by atoms with E-state index in [0.29, 0.717) is 0 Å². The fourth-order valence-corrected chi connectivity index (χ4v) is 3.41. The van der Waals surface area contributed by atoms with Gasteiger partial charge in [0.2, 0.25) is 0 Å². The second-order valence-corrected chi connectivity index (χ2v) is 6.14. The Kier molecular flexibility index (Phi) is 4.95. The third-order valence-electron chi connectivity index (χ3n) is 2.93. The van der Waals surface area contributed by atoms with E-state index < -0.39 is 22.7 Å². The molecule has 22 heavy (non-hydrogen) atoms. The van der Waals surface area contributed by atoms with Crippen LogP contribution in [0.15, 0.2) is 52.3 Å². The maximum Gasteiger partial charge on any atom is 0.336 e. The molecule has 2 N–H and O–H groups in total. The Bertz CT molecular complexity index is 776. The largest absolute Gasteiger partial charge is 0.478 e. The van der Waals surface area contributed by atoms with Crippen molar-refractivity contribution in [2.45, 2.75) is 9.79 Å². The van der Waals surface area contributed by atoms with Gasteiger partial charge < -0.3 is 10.4 Å². The van der Waals surface area contributed by atoms with Gasteiger partial charge in [-0.25, -0.2) is 9.00 Å². The highest BCUT2D eigenvalue weighted by atomic mass is 35.5. The first-order chi connectivity index (χ1) is 10.5. The molecule has 1 amide bonds. The minimum absolute atomic E-state index is 0.0910. The van der Waals surface area contributed by atoms with Crippen molar-refractivity contribution in [2.24, 2.45) is 0 Å². The minimum atomic E-state index is -1.82. The normalized spacial score (nSPS) is 11.7. The van der Waals surface area contributed by atoms with Crippen molar-refractivity contribution in [1.82, 2.24) is 5.32 Å². The van der Waals surface area contributed by atoms with Crippen LogP contribution in [-0.2, 0) is 10.8 Å². The molecule has 0 aliphatic heterocycles. The topological polar surface area (TPSA) is 83.5 Å². The van der Waals surface area contributed by atoms with E-state index >= 15 is 0 Å². The molecule has 0 saturated carbocycles. The van der Waals surface area contributed by atoms with Crippen molar-refractivity contribution in [2.75, 3.05) is 7.05 Å². The summed E-state index contributed by atoms with van der Waals surface area (Å²) >= 11 is 5.79. The van der Waals surface area contributed by atoms with E-state index in [1.165, 1.54) is 37.4 Å². The number of benzene rings is 2. The van der Waals surface area contributed by atoms with Gasteiger partial charge in [-0.3, -0.25) is 4.79 Å². The lowest BCUT2D eigenvalue weighted by atomic mass is 10.2. The highest BCUT2D eigenvalue weighted by Gasteiger charge is 2.21. The Hall–Kier alpha value is -2.18. The molecule has 2 rings (SSSR count). The molecule has 114 valence electrons. The Balaban J connectivity index is 2.59. The first kappa shape index (κ1) is 16.2. The molecule has 0 unspecified atom stereocenters. The van der Waals surface area contributed by atoms with Gasteiger partial charge in [-0.2, -0.15) is 0 Å². The number of halogens is 1. The maximum atomic E-state index is 12.7. The first-order valence-electron chi connectivity index (χ1n) is 6.21. The molecule has 0 heterocycles. The number of carboxylic acids is 1. The molecule has 0 spiro atoms. The summed E-state index contributed by atoms with van der Waals surface area (Å²) in [7, 11) is -0.356. The third-order valence-corrected chi connectivity index (χ3v) is 4.68.